The van der Waals surface area contributed by atoms with Crippen LogP contribution in [-0.4, -0.2) is 27.4 Å². The summed E-state index contributed by atoms with van der Waals surface area (Å²) in [6.07, 6.45) is 4.25. The van der Waals surface area contributed by atoms with Gasteiger partial charge in [-0.05, 0) is 68.8 Å². The van der Waals surface area contributed by atoms with Crippen LogP contribution in [0.25, 0.3) is 17.3 Å². The minimum absolute atomic E-state index is 0.302. The Labute approximate surface area is 192 Å². The average molecular weight is 451 g/mol. The molecule has 0 saturated heterocycles. The Balaban J connectivity index is 1.58. The zero-order valence-electron chi connectivity index (χ0n) is 19.1. The minimum atomic E-state index is -0.554. The molecule has 2 amide bonds. The van der Waals surface area contributed by atoms with Gasteiger partial charge in [-0.15, -0.1) is 0 Å². The maximum Gasteiger partial charge on any atom is 0.407 e. The number of anilines is 1. The predicted octanol–water partition coefficient (Wildman–Crippen LogP) is 4.90. The second-order valence-electron chi connectivity index (χ2n) is 8.45. The van der Waals surface area contributed by atoms with Gasteiger partial charge in [0.15, 0.2) is 0 Å². The number of ether oxygens (including phenoxy) is 1. The van der Waals surface area contributed by atoms with Gasteiger partial charge in [0.05, 0.1) is 11.9 Å². The molecule has 3 rings (SSSR count). The van der Waals surface area contributed by atoms with Crippen molar-refractivity contribution in [3.8, 4) is 11.3 Å². The third kappa shape index (κ3) is 7.03. The van der Waals surface area contributed by atoms with E-state index in [0.717, 1.165) is 22.4 Å². The van der Waals surface area contributed by atoms with E-state index in [1.807, 2.05) is 12.1 Å². The largest absolute Gasteiger partial charge is 0.444 e. The molecule has 3 aromatic rings. The molecule has 1 aromatic heterocycles. The first-order valence-corrected chi connectivity index (χ1v) is 10.4. The SMILES string of the molecule is Cn1ncc(/C=C/C(=O)Nc2ccc(CNC(=O)OC(C)(C)C)cc2)c1-c1ccc(F)cc1. The van der Waals surface area contributed by atoms with Crippen LogP contribution in [0.4, 0.5) is 14.9 Å². The van der Waals surface area contributed by atoms with Crippen LogP contribution in [0.2, 0.25) is 0 Å². The predicted molar refractivity (Wildman–Crippen MR) is 126 cm³/mol. The smallest absolute Gasteiger partial charge is 0.407 e. The summed E-state index contributed by atoms with van der Waals surface area (Å²) in [7, 11) is 1.79. The van der Waals surface area contributed by atoms with Crippen LogP contribution in [0.5, 0.6) is 0 Å². The number of halogens is 1. The molecule has 0 aliphatic rings. The summed E-state index contributed by atoms with van der Waals surface area (Å²) in [5, 5.41) is 9.72. The fraction of sp³-hybridized carbons (Fsp3) is 0.240. The molecule has 7 nitrogen and oxygen atoms in total. The van der Waals surface area contributed by atoms with E-state index < -0.39 is 11.7 Å². The second kappa shape index (κ2) is 10.1. The molecule has 2 N–H and O–H groups in total. The normalized spacial score (nSPS) is 11.4. The molecule has 172 valence electrons. The highest BCUT2D eigenvalue weighted by molar-refractivity contribution is 6.02. The second-order valence-corrected chi connectivity index (χ2v) is 8.45. The molecule has 0 aliphatic heterocycles. The van der Waals surface area contributed by atoms with Crippen LogP contribution < -0.4 is 10.6 Å². The summed E-state index contributed by atoms with van der Waals surface area (Å²) in [5.41, 5.74) is 3.25. The van der Waals surface area contributed by atoms with Gasteiger partial charge >= 0.3 is 6.09 Å². The molecule has 0 spiro atoms. The van der Waals surface area contributed by atoms with Gasteiger partial charge in [0.25, 0.3) is 0 Å². The van der Waals surface area contributed by atoms with Gasteiger partial charge in [-0.25, -0.2) is 9.18 Å². The average Bonchev–Trinajstić information content (AvgIpc) is 3.11. The highest BCUT2D eigenvalue weighted by Crippen LogP contribution is 2.24. The van der Waals surface area contributed by atoms with E-state index in [2.05, 4.69) is 15.7 Å². The Morgan fingerprint density at radius 3 is 2.39 bits per heavy atom. The number of nitrogens with zero attached hydrogens (tertiary/aromatic N) is 2. The number of hydrogen-bond acceptors (Lipinski definition) is 4. The molecule has 0 atom stereocenters. The van der Waals surface area contributed by atoms with Crippen LogP contribution >= 0.6 is 0 Å². The summed E-state index contributed by atoms with van der Waals surface area (Å²) in [6, 6.07) is 13.2. The summed E-state index contributed by atoms with van der Waals surface area (Å²) >= 11 is 0. The number of aromatic nitrogens is 2. The van der Waals surface area contributed by atoms with Crippen molar-refractivity contribution in [2.75, 3.05) is 5.32 Å². The van der Waals surface area contributed by atoms with E-state index >= 15 is 0 Å². The van der Waals surface area contributed by atoms with Crippen LogP contribution in [0.15, 0.2) is 60.8 Å². The Kier molecular flexibility index (Phi) is 7.27. The van der Waals surface area contributed by atoms with Crippen molar-refractivity contribution < 1.29 is 18.7 Å². The van der Waals surface area contributed by atoms with Gasteiger partial charge in [-0.2, -0.15) is 5.10 Å². The number of benzene rings is 2. The molecular weight excluding hydrogens is 423 g/mol. The lowest BCUT2D eigenvalue weighted by Gasteiger charge is -2.19. The van der Waals surface area contributed by atoms with E-state index in [9.17, 15) is 14.0 Å². The topological polar surface area (TPSA) is 85.3 Å². The van der Waals surface area contributed by atoms with E-state index in [4.69, 9.17) is 4.74 Å². The lowest BCUT2D eigenvalue weighted by atomic mass is 10.1. The summed E-state index contributed by atoms with van der Waals surface area (Å²) in [5.74, 6) is -0.618. The number of alkyl carbamates (subject to hydrolysis) is 1. The van der Waals surface area contributed by atoms with Gasteiger partial charge in [0.2, 0.25) is 5.91 Å². The number of nitrogens with one attached hydrogen (secondary N) is 2. The number of aryl methyl sites for hydroxylation is 1. The number of amides is 2. The zero-order valence-corrected chi connectivity index (χ0v) is 19.1. The van der Waals surface area contributed by atoms with Crippen LogP contribution in [-0.2, 0) is 23.1 Å². The molecule has 33 heavy (non-hydrogen) atoms. The van der Waals surface area contributed by atoms with E-state index in [1.54, 1.807) is 69.0 Å². The number of rotatable bonds is 6. The van der Waals surface area contributed by atoms with Gasteiger partial charge < -0.3 is 15.4 Å². The van der Waals surface area contributed by atoms with Gasteiger partial charge in [0, 0.05) is 36.5 Å². The first-order chi connectivity index (χ1) is 15.6. The third-order valence-electron chi connectivity index (χ3n) is 4.56. The Morgan fingerprint density at radius 2 is 1.76 bits per heavy atom. The molecule has 0 aliphatic carbocycles. The molecule has 1 heterocycles. The first kappa shape index (κ1) is 23.7. The highest BCUT2D eigenvalue weighted by atomic mass is 19.1. The molecular formula is C25H27FN4O3. The third-order valence-corrected chi connectivity index (χ3v) is 4.56. The molecule has 0 saturated carbocycles. The Hall–Kier alpha value is -3.94. The summed E-state index contributed by atoms with van der Waals surface area (Å²) < 4.78 is 20.1. The highest BCUT2D eigenvalue weighted by Gasteiger charge is 2.15. The lowest BCUT2D eigenvalue weighted by Crippen LogP contribution is -2.32. The molecule has 0 bridgehead atoms. The standard InChI is InChI=1S/C25H27FN4O3/c1-25(2,3)33-24(32)27-15-17-5-12-21(13-6-17)29-22(31)14-9-19-16-28-30(4)23(19)18-7-10-20(26)11-8-18/h5-14,16H,15H2,1-4H3,(H,27,32)(H,29,31)/b14-9+. The van der Waals surface area contributed by atoms with Crippen molar-refractivity contribution in [2.45, 2.75) is 32.9 Å². The molecule has 0 radical (unpaired) electrons. The van der Waals surface area contributed by atoms with Crippen LogP contribution in [0.1, 0.15) is 31.9 Å². The van der Waals surface area contributed by atoms with Crippen molar-refractivity contribution >= 4 is 23.8 Å². The lowest BCUT2D eigenvalue weighted by molar-refractivity contribution is -0.111. The van der Waals surface area contributed by atoms with Crippen molar-refractivity contribution in [1.29, 1.82) is 0 Å². The van der Waals surface area contributed by atoms with Gasteiger partial charge in [0.1, 0.15) is 11.4 Å². The fourth-order valence-corrected chi connectivity index (χ4v) is 3.08. The Bertz CT molecular complexity index is 1140. The maximum absolute atomic E-state index is 13.2. The number of carbonyl (C=O) groups is 2. The number of carbonyl (C=O) groups excluding carboxylic acids is 2. The Morgan fingerprint density at radius 1 is 1.09 bits per heavy atom. The van der Waals surface area contributed by atoms with Crippen molar-refractivity contribution in [1.82, 2.24) is 15.1 Å². The van der Waals surface area contributed by atoms with Crippen LogP contribution in [0.3, 0.4) is 0 Å². The summed E-state index contributed by atoms with van der Waals surface area (Å²) in [4.78, 5) is 24.1. The fourth-order valence-electron chi connectivity index (χ4n) is 3.08. The minimum Gasteiger partial charge on any atom is -0.444 e. The quantitative estimate of drug-likeness (QED) is 0.523. The summed E-state index contributed by atoms with van der Waals surface area (Å²) in [6.45, 7) is 5.72. The van der Waals surface area contributed by atoms with Gasteiger partial charge in [-0.1, -0.05) is 12.1 Å². The first-order valence-electron chi connectivity index (χ1n) is 10.4. The monoisotopic (exact) mass is 450 g/mol. The number of hydrogen-bond donors (Lipinski definition) is 2. The van der Waals surface area contributed by atoms with Crippen LogP contribution in [0, 0.1) is 5.82 Å². The molecule has 0 unspecified atom stereocenters. The van der Waals surface area contributed by atoms with Crippen molar-refractivity contribution in [2.24, 2.45) is 7.05 Å². The van der Waals surface area contributed by atoms with Crippen molar-refractivity contribution in [3.63, 3.8) is 0 Å². The van der Waals surface area contributed by atoms with E-state index in [1.165, 1.54) is 18.2 Å². The van der Waals surface area contributed by atoms with E-state index in [0.29, 0.717) is 12.2 Å². The maximum atomic E-state index is 13.2. The zero-order chi connectivity index (χ0) is 24.0. The van der Waals surface area contributed by atoms with E-state index in [-0.39, 0.29) is 11.7 Å². The molecule has 8 heteroatoms. The molecule has 0 fully saturated rings. The van der Waals surface area contributed by atoms with Gasteiger partial charge in [-0.3, -0.25) is 9.48 Å². The molecule has 2 aromatic carbocycles. The van der Waals surface area contributed by atoms with Crippen molar-refractivity contribution in [3.05, 3.63) is 77.7 Å².